The number of hydrogen-bond acceptors (Lipinski definition) is 4. The van der Waals surface area contributed by atoms with Gasteiger partial charge in [0.25, 0.3) is 0 Å². The van der Waals surface area contributed by atoms with E-state index in [0.717, 1.165) is 24.0 Å². The van der Waals surface area contributed by atoms with Crippen LogP contribution in [0.3, 0.4) is 0 Å². The zero-order chi connectivity index (χ0) is 19.4. The first-order chi connectivity index (χ1) is 12.9. The van der Waals surface area contributed by atoms with Gasteiger partial charge in [0.05, 0.1) is 18.0 Å². The fourth-order valence-corrected chi connectivity index (χ4v) is 4.77. The summed E-state index contributed by atoms with van der Waals surface area (Å²) in [4.78, 5) is 12.7. The molecule has 0 bridgehead atoms. The largest absolute Gasteiger partial charge is 0.497 e. The zero-order valence-electron chi connectivity index (χ0n) is 15.6. The minimum absolute atomic E-state index is 0.119. The van der Waals surface area contributed by atoms with Crippen LogP contribution < -0.4 is 9.46 Å². The minimum Gasteiger partial charge on any atom is -0.497 e. The van der Waals surface area contributed by atoms with Gasteiger partial charge in [-0.2, -0.15) is 0 Å². The Morgan fingerprint density at radius 2 is 1.70 bits per heavy atom. The van der Waals surface area contributed by atoms with Crippen molar-refractivity contribution >= 4 is 15.8 Å². The predicted octanol–water partition coefficient (Wildman–Crippen LogP) is 3.78. The predicted molar refractivity (Wildman–Crippen MR) is 104 cm³/mol. The number of carbonyl (C=O) groups is 1. The van der Waals surface area contributed by atoms with Crippen molar-refractivity contribution in [2.45, 2.75) is 43.5 Å². The number of ketones is 1. The summed E-state index contributed by atoms with van der Waals surface area (Å²) in [7, 11) is -2.17. The summed E-state index contributed by atoms with van der Waals surface area (Å²) in [6.45, 7) is 1.91. The molecule has 144 valence electrons. The van der Waals surface area contributed by atoms with Gasteiger partial charge in [-0.3, -0.25) is 4.79 Å². The van der Waals surface area contributed by atoms with Crippen molar-refractivity contribution in [2.75, 3.05) is 7.11 Å². The Hall–Kier alpha value is -2.18. The maximum Gasteiger partial charge on any atom is 0.241 e. The number of sulfonamides is 1. The lowest BCUT2D eigenvalue weighted by Gasteiger charge is -2.30. The minimum atomic E-state index is -3.75. The zero-order valence-corrected chi connectivity index (χ0v) is 16.5. The molecule has 1 aliphatic rings. The van der Waals surface area contributed by atoms with Crippen molar-refractivity contribution in [3.63, 3.8) is 0 Å². The van der Waals surface area contributed by atoms with Crippen LogP contribution in [0.5, 0.6) is 5.75 Å². The fraction of sp³-hybridized carbons (Fsp3) is 0.381. The molecular formula is C21H25NO4S. The highest BCUT2D eigenvalue weighted by molar-refractivity contribution is 7.89. The molecule has 27 heavy (non-hydrogen) atoms. The first kappa shape index (κ1) is 19.6. The summed E-state index contributed by atoms with van der Waals surface area (Å²) in [6.07, 6.45) is 2.99. The summed E-state index contributed by atoms with van der Waals surface area (Å²) in [6, 6.07) is 13.3. The third-order valence-corrected chi connectivity index (χ3v) is 6.55. The second-order valence-electron chi connectivity index (χ2n) is 7.00. The van der Waals surface area contributed by atoms with Gasteiger partial charge in [-0.15, -0.1) is 0 Å². The summed E-state index contributed by atoms with van der Waals surface area (Å²) in [5, 5.41) is 0. The van der Waals surface area contributed by atoms with E-state index >= 15 is 0 Å². The standard InChI is InChI=1S/C21H25NO4S/c1-15-7-13-18(14-8-15)27(24,25)22-21(19-5-3-4-6-20(19)23)16-9-11-17(26-2)12-10-16/h7-14,19,21-22H,3-6H2,1-2H3. The van der Waals surface area contributed by atoms with Gasteiger partial charge in [0.1, 0.15) is 11.5 Å². The van der Waals surface area contributed by atoms with E-state index in [0.29, 0.717) is 18.6 Å². The van der Waals surface area contributed by atoms with Gasteiger partial charge in [0.15, 0.2) is 0 Å². The lowest BCUT2D eigenvalue weighted by molar-refractivity contribution is -0.125. The van der Waals surface area contributed by atoms with Gasteiger partial charge < -0.3 is 4.74 Å². The topological polar surface area (TPSA) is 72.5 Å². The molecule has 0 aliphatic heterocycles. The van der Waals surface area contributed by atoms with Gasteiger partial charge in [-0.1, -0.05) is 36.2 Å². The van der Waals surface area contributed by atoms with Gasteiger partial charge in [0.2, 0.25) is 10.0 Å². The second kappa shape index (κ2) is 8.23. The Morgan fingerprint density at radius 1 is 1.04 bits per heavy atom. The van der Waals surface area contributed by atoms with Crippen LogP contribution in [0.25, 0.3) is 0 Å². The van der Waals surface area contributed by atoms with Crippen LogP contribution in [0.15, 0.2) is 53.4 Å². The van der Waals surface area contributed by atoms with Gasteiger partial charge >= 0.3 is 0 Å². The number of methoxy groups -OCH3 is 1. The fourth-order valence-electron chi connectivity index (χ4n) is 3.51. The van der Waals surface area contributed by atoms with Crippen molar-refractivity contribution in [3.8, 4) is 5.75 Å². The molecule has 0 radical (unpaired) electrons. The van der Waals surface area contributed by atoms with E-state index in [1.54, 1.807) is 43.5 Å². The highest BCUT2D eigenvalue weighted by atomic mass is 32.2. The number of Topliss-reactive ketones (excluding diaryl/α,β-unsaturated/α-hetero) is 1. The van der Waals surface area contributed by atoms with Crippen LogP contribution in [0.1, 0.15) is 42.9 Å². The van der Waals surface area contributed by atoms with Gasteiger partial charge in [-0.25, -0.2) is 13.1 Å². The monoisotopic (exact) mass is 387 g/mol. The molecule has 0 heterocycles. The van der Waals surface area contributed by atoms with Crippen LogP contribution in [0, 0.1) is 12.8 Å². The van der Waals surface area contributed by atoms with E-state index in [1.165, 1.54) is 0 Å². The molecule has 1 fully saturated rings. The molecule has 0 aromatic heterocycles. The normalized spacial score (nSPS) is 18.9. The summed E-state index contributed by atoms with van der Waals surface area (Å²) in [5.74, 6) is 0.454. The van der Waals surface area contributed by atoms with E-state index in [1.807, 2.05) is 19.1 Å². The molecule has 2 unspecified atom stereocenters. The lowest BCUT2D eigenvalue weighted by Crippen LogP contribution is -2.38. The van der Waals surface area contributed by atoms with Crippen LogP contribution in [-0.2, 0) is 14.8 Å². The Labute approximate surface area is 160 Å². The number of ether oxygens (including phenoxy) is 1. The smallest absolute Gasteiger partial charge is 0.241 e. The Bertz CT molecular complexity index is 889. The van der Waals surface area contributed by atoms with Crippen LogP contribution in [0.4, 0.5) is 0 Å². The number of aryl methyl sites for hydroxylation is 1. The maximum atomic E-state index is 13.0. The highest BCUT2D eigenvalue weighted by Crippen LogP contribution is 2.34. The van der Waals surface area contributed by atoms with Crippen LogP contribution >= 0.6 is 0 Å². The number of nitrogens with one attached hydrogen (secondary N) is 1. The third kappa shape index (κ3) is 4.57. The first-order valence-electron chi connectivity index (χ1n) is 9.16. The lowest BCUT2D eigenvalue weighted by atomic mass is 9.80. The van der Waals surface area contributed by atoms with Crippen molar-refractivity contribution in [2.24, 2.45) is 5.92 Å². The molecule has 2 aromatic rings. The van der Waals surface area contributed by atoms with Crippen molar-refractivity contribution < 1.29 is 17.9 Å². The third-order valence-electron chi connectivity index (χ3n) is 5.09. The second-order valence-corrected chi connectivity index (χ2v) is 8.72. The quantitative estimate of drug-likeness (QED) is 0.819. The molecular weight excluding hydrogens is 362 g/mol. The van der Waals surface area contributed by atoms with E-state index < -0.39 is 16.1 Å². The van der Waals surface area contributed by atoms with Crippen molar-refractivity contribution in [3.05, 3.63) is 59.7 Å². The van der Waals surface area contributed by atoms with Crippen molar-refractivity contribution in [1.82, 2.24) is 4.72 Å². The molecule has 0 spiro atoms. The van der Waals surface area contributed by atoms with E-state index in [2.05, 4.69) is 4.72 Å². The molecule has 3 rings (SSSR count). The van der Waals surface area contributed by atoms with E-state index in [9.17, 15) is 13.2 Å². The number of carbonyl (C=O) groups excluding carboxylic acids is 1. The molecule has 2 atom stereocenters. The van der Waals surface area contributed by atoms with E-state index in [4.69, 9.17) is 4.74 Å². The molecule has 1 saturated carbocycles. The van der Waals surface area contributed by atoms with Gasteiger partial charge in [0, 0.05) is 12.3 Å². The summed E-state index contributed by atoms with van der Waals surface area (Å²) >= 11 is 0. The summed E-state index contributed by atoms with van der Waals surface area (Å²) in [5.41, 5.74) is 1.76. The number of hydrogen-bond donors (Lipinski definition) is 1. The molecule has 1 aliphatic carbocycles. The van der Waals surface area contributed by atoms with Crippen LogP contribution in [-0.4, -0.2) is 21.3 Å². The molecule has 0 amide bonds. The average Bonchev–Trinajstić information content (AvgIpc) is 2.67. The SMILES string of the molecule is COc1ccc(C(NS(=O)(=O)c2ccc(C)cc2)C2CCCCC2=O)cc1. The first-order valence-corrected chi connectivity index (χ1v) is 10.6. The van der Waals surface area contributed by atoms with Crippen molar-refractivity contribution in [1.29, 1.82) is 0 Å². The Kier molecular flexibility index (Phi) is 5.97. The average molecular weight is 388 g/mol. The number of rotatable bonds is 6. The molecule has 0 saturated heterocycles. The highest BCUT2D eigenvalue weighted by Gasteiger charge is 2.34. The number of benzene rings is 2. The maximum absolute atomic E-state index is 13.0. The molecule has 1 N–H and O–H groups in total. The molecule has 5 nitrogen and oxygen atoms in total. The Morgan fingerprint density at radius 3 is 2.30 bits per heavy atom. The summed E-state index contributed by atoms with van der Waals surface area (Å²) < 4.78 is 33.9. The Balaban J connectivity index is 1.95. The molecule has 6 heteroatoms. The van der Waals surface area contributed by atoms with Crippen LogP contribution in [0.2, 0.25) is 0 Å². The van der Waals surface area contributed by atoms with Gasteiger partial charge in [-0.05, 0) is 49.6 Å². The molecule has 2 aromatic carbocycles. The van der Waals surface area contributed by atoms with E-state index in [-0.39, 0.29) is 16.6 Å².